The highest BCUT2D eigenvalue weighted by Crippen LogP contribution is 2.43. The number of nitrogens with zero attached hydrogens (tertiary/aromatic N) is 1. The van der Waals surface area contributed by atoms with Gasteiger partial charge in [0, 0.05) is 21.7 Å². The van der Waals surface area contributed by atoms with Crippen LogP contribution in [0.3, 0.4) is 0 Å². The Morgan fingerprint density at radius 2 is 2.14 bits per heavy atom. The zero-order chi connectivity index (χ0) is 14.9. The van der Waals surface area contributed by atoms with Gasteiger partial charge >= 0.3 is 0 Å². The summed E-state index contributed by atoms with van der Waals surface area (Å²) in [5.74, 6) is 2.87. The first-order valence-corrected chi connectivity index (χ1v) is 10.1. The molecule has 6 heteroatoms. The zero-order valence-corrected chi connectivity index (χ0v) is 15.8. The van der Waals surface area contributed by atoms with Gasteiger partial charge in [-0.1, -0.05) is 0 Å². The van der Waals surface area contributed by atoms with E-state index in [1.54, 1.807) is 0 Å². The van der Waals surface area contributed by atoms with Gasteiger partial charge in [-0.15, -0.1) is 0 Å². The van der Waals surface area contributed by atoms with Gasteiger partial charge in [0.1, 0.15) is 0 Å². The van der Waals surface area contributed by atoms with E-state index in [0.29, 0.717) is 5.92 Å². The van der Waals surface area contributed by atoms with E-state index in [-0.39, 0.29) is 11.6 Å². The molecule has 116 valence electrons. The van der Waals surface area contributed by atoms with Crippen LogP contribution in [0.4, 0.5) is 0 Å². The van der Waals surface area contributed by atoms with Crippen LogP contribution in [0.25, 0.3) is 0 Å². The summed E-state index contributed by atoms with van der Waals surface area (Å²) >= 11 is 9.07. The van der Waals surface area contributed by atoms with Crippen LogP contribution in [0, 0.1) is 5.92 Å². The Kier molecular flexibility index (Phi) is 5.31. The molecule has 3 rings (SSSR count). The minimum atomic E-state index is -0.0252. The smallest absolute Gasteiger partial charge is 0.0716 e. The minimum absolute atomic E-state index is 0.0252. The number of hydrogen-bond donors (Lipinski definition) is 1. The Balaban J connectivity index is 1.76. The molecule has 0 saturated carbocycles. The lowest BCUT2D eigenvalue weighted by Crippen LogP contribution is -2.45. The molecule has 2 atom stereocenters. The molecule has 2 saturated heterocycles. The van der Waals surface area contributed by atoms with E-state index in [2.05, 4.69) is 36.8 Å². The van der Waals surface area contributed by atoms with Crippen molar-refractivity contribution < 1.29 is 4.74 Å². The van der Waals surface area contributed by atoms with E-state index in [1.807, 2.05) is 24.0 Å². The molecule has 2 N–H and O–H groups in total. The van der Waals surface area contributed by atoms with Gasteiger partial charge < -0.3 is 10.5 Å². The Bertz CT molecular complexity index is 503. The predicted molar refractivity (Wildman–Crippen MR) is 94.5 cm³/mol. The first-order chi connectivity index (χ1) is 10.1. The number of aromatic nitrogens is 1. The molecule has 2 unspecified atom stereocenters. The van der Waals surface area contributed by atoms with Gasteiger partial charge in [0.05, 0.1) is 17.3 Å². The molecular weight excluding hydrogens is 416 g/mol. The second kappa shape index (κ2) is 6.87. The zero-order valence-electron chi connectivity index (χ0n) is 11.9. The Morgan fingerprint density at radius 1 is 1.38 bits per heavy atom. The van der Waals surface area contributed by atoms with Crippen LogP contribution in [-0.4, -0.2) is 28.7 Å². The van der Waals surface area contributed by atoms with Crippen molar-refractivity contribution >= 4 is 43.6 Å². The second-order valence-corrected chi connectivity index (χ2v) is 8.94. The Hall–Kier alpha value is 0.380. The van der Waals surface area contributed by atoms with Crippen molar-refractivity contribution in [2.45, 2.75) is 37.3 Å². The van der Waals surface area contributed by atoms with Crippen LogP contribution in [0.5, 0.6) is 0 Å². The lowest BCUT2D eigenvalue weighted by molar-refractivity contribution is -0.106. The van der Waals surface area contributed by atoms with Gasteiger partial charge in [-0.05, 0) is 81.0 Å². The van der Waals surface area contributed by atoms with Crippen LogP contribution in [0.1, 0.15) is 37.4 Å². The summed E-state index contributed by atoms with van der Waals surface area (Å²) < 4.78 is 8.12. The molecule has 3 nitrogen and oxygen atoms in total. The van der Waals surface area contributed by atoms with Crippen LogP contribution >= 0.6 is 43.6 Å². The lowest BCUT2D eigenvalue weighted by Gasteiger charge is -2.44. The highest BCUT2D eigenvalue weighted by molar-refractivity contribution is 9.11. The predicted octanol–water partition coefficient (Wildman–Crippen LogP) is 4.30. The number of ether oxygens (including phenoxy) is 1. The van der Waals surface area contributed by atoms with Crippen molar-refractivity contribution in [3.05, 3.63) is 26.9 Å². The van der Waals surface area contributed by atoms with Crippen molar-refractivity contribution in [3.8, 4) is 0 Å². The third-order valence-corrected chi connectivity index (χ3v) is 6.65. The number of rotatable bonds is 2. The van der Waals surface area contributed by atoms with E-state index in [0.717, 1.165) is 46.9 Å². The van der Waals surface area contributed by atoms with E-state index >= 15 is 0 Å². The summed E-state index contributed by atoms with van der Waals surface area (Å²) in [6.07, 6.45) is 6.25. The van der Waals surface area contributed by atoms with E-state index < -0.39 is 0 Å². The van der Waals surface area contributed by atoms with Gasteiger partial charge in [-0.25, -0.2) is 0 Å². The van der Waals surface area contributed by atoms with Gasteiger partial charge in [-0.3, -0.25) is 4.98 Å². The SMILES string of the molecule is NC(c1ncc(Br)cc1Br)C1CCOC2(CCSCC2)C1. The van der Waals surface area contributed by atoms with Gasteiger partial charge in [0.25, 0.3) is 0 Å². The first kappa shape index (κ1) is 16.2. The standard InChI is InChI=1S/C15H20Br2N2OS/c16-11-7-12(17)14(19-9-11)13(18)10-1-4-20-15(8-10)2-5-21-6-3-15/h7,9-10,13H,1-6,8,18H2. The molecular formula is C15H20Br2N2OS. The fourth-order valence-electron chi connectivity index (χ4n) is 3.36. The second-order valence-electron chi connectivity index (χ2n) is 5.94. The molecule has 1 spiro atoms. The highest BCUT2D eigenvalue weighted by Gasteiger charge is 2.41. The molecule has 0 aliphatic carbocycles. The summed E-state index contributed by atoms with van der Waals surface area (Å²) in [7, 11) is 0. The van der Waals surface area contributed by atoms with Gasteiger partial charge in [0.15, 0.2) is 0 Å². The molecule has 2 fully saturated rings. The van der Waals surface area contributed by atoms with Crippen LogP contribution < -0.4 is 5.73 Å². The molecule has 0 bridgehead atoms. The van der Waals surface area contributed by atoms with E-state index in [9.17, 15) is 0 Å². The molecule has 21 heavy (non-hydrogen) atoms. The summed E-state index contributed by atoms with van der Waals surface area (Å²) in [6, 6.07) is 2.00. The largest absolute Gasteiger partial charge is 0.375 e. The van der Waals surface area contributed by atoms with E-state index in [4.69, 9.17) is 10.5 Å². The molecule has 2 aliphatic rings. The number of thioether (sulfide) groups is 1. The first-order valence-electron chi connectivity index (χ1n) is 7.38. The molecule has 3 heterocycles. The summed E-state index contributed by atoms with van der Waals surface area (Å²) in [5, 5.41) is 0. The van der Waals surface area contributed by atoms with Crippen molar-refractivity contribution in [3.63, 3.8) is 0 Å². The normalized spacial score (nSPS) is 26.7. The Labute approximate surface area is 147 Å². The number of hydrogen-bond acceptors (Lipinski definition) is 4. The average molecular weight is 436 g/mol. The summed E-state index contributed by atoms with van der Waals surface area (Å²) in [5.41, 5.74) is 7.58. The minimum Gasteiger partial charge on any atom is -0.375 e. The van der Waals surface area contributed by atoms with Gasteiger partial charge in [-0.2, -0.15) is 11.8 Å². The van der Waals surface area contributed by atoms with Crippen molar-refractivity contribution in [2.75, 3.05) is 18.1 Å². The summed E-state index contributed by atoms with van der Waals surface area (Å²) in [4.78, 5) is 4.52. The third kappa shape index (κ3) is 3.66. The Morgan fingerprint density at radius 3 is 2.86 bits per heavy atom. The number of pyridine rings is 1. The molecule has 2 aliphatic heterocycles. The molecule has 1 aromatic rings. The van der Waals surface area contributed by atoms with Crippen LogP contribution in [0.2, 0.25) is 0 Å². The fourth-order valence-corrected chi connectivity index (χ4v) is 5.85. The molecule has 1 aromatic heterocycles. The van der Waals surface area contributed by atoms with Crippen molar-refractivity contribution in [1.29, 1.82) is 0 Å². The van der Waals surface area contributed by atoms with Crippen molar-refractivity contribution in [2.24, 2.45) is 11.7 Å². The maximum Gasteiger partial charge on any atom is 0.0716 e. The molecule has 0 amide bonds. The number of halogens is 2. The average Bonchev–Trinajstić information content (AvgIpc) is 2.47. The van der Waals surface area contributed by atoms with E-state index in [1.165, 1.54) is 11.5 Å². The monoisotopic (exact) mass is 434 g/mol. The third-order valence-electron chi connectivity index (χ3n) is 4.59. The lowest BCUT2D eigenvalue weighted by atomic mass is 9.78. The highest BCUT2D eigenvalue weighted by atomic mass is 79.9. The quantitative estimate of drug-likeness (QED) is 0.752. The summed E-state index contributed by atoms with van der Waals surface area (Å²) in [6.45, 7) is 0.831. The van der Waals surface area contributed by atoms with Crippen LogP contribution in [-0.2, 0) is 4.74 Å². The number of nitrogens with two attached hydrogens (primary N) is 1. The molecule has 0 aromatic carbocycles. The fraction of sp³-hybridized carbons (Fsp3) is 0.667. The van der Waals surface area contributed by atoms with Crippen LogP contribution in [0.15, 0.2) is 21.2 Å². The van der Waals surface area contributed by atoms with Gasteiger partial charge in [0.2, 0.25) is 0 Å². The topological polar surface area (TPSA) is 48.1 Å². The van der Waals surface area contributed by atoms with Crippen molar-refractivity contribution in [1.82, 2.24) is 4.98 Å². The maximum atomic E-state index is 6.54. The molecule has 0 radical (unpaired) electrons. The maximum absolute atomic E-state index is 6.54.